The Morgan fingerprint density at radius 1 is 1.11 bits per heavy atom. The quantitative estimate of drug-likeness (QED) is 0.819. The van der Waals surface area contributed by atoms with Crippen LogP contribution in [0.1, 0.15) is 24.1 Å². The van der Waals surface area contributed by atoms with Crippen LogP contribution in [0.25, 0.3) is 0 Å². The van der Waals surface area contributed by atoms with Gasteiger partial charge >= 0.3 is 0 Å². The van der Waals surface area contributed by atoms with E-state index in [-0.39, 0.29) is 6.04 Å². The lowest BCUT2D eigenvalue weighted by Crippen LogP contribution is -2.08. The summed E-state index contributed by atoms with van der Waals surface area (Å²) in [6.45, 7) is 4.20. The van der Waals surface area contributed by atoms with Crippen LogP contribution >= 0.6 is 0 Å². The minimum absolute atomic E-state index is 0.190. The number of anilines is 2. The third kappa shape index (κ3) is 3.19. The highest BCUT2D eigenvalue weighted by Crippen LogP contribution is 2.28. The van der Waals surface area contributed by atoms with E-state index in [0.29, 0.717) is 0 Å². The Balaban J connectivity index is 2.18. The van der Waals surface area contributed by atoms with Crippen LogP contribution in [0.4, 0.5) is 11.4 Å². The predicted molar refractivity (Wildman–Crippen MR) is 80.6 cm³/mol. The Kier molecular flexibility index (Phi) is 3.95. The molecule has 0 spiro atoms. The van der Waals surface area contributed by atoms with E-state index in [9.17, 15) is 0 Å². The molecule has 19 heavy (non-hydrogen) atoms. The zero-order valence-electron chi connectivity index (χ0n) is 11.6. The fourth-order valence-electron chi connectivity index (χ4n) is 1.96. The maximum atomic E-state index is 5.98. The van der Waals surface area contributed by atoms with Crippen LogP contribution in [-0.2, 0) is 0 Å². The largest absolute Gasteiger partial charge is 0.497 e. The first kappa shape index (κ1) is 13.3. The second-order valence-corrected chi connectivity index (χ2v) is 4.73. The Hall–Kier alpha value is -2.16. The number of nitrogens with one attached hydrogen (secondary N) is 1. The van der Waals surface area contributed by atoms with E-state index in [2.05, 4.69) is 43.4 Å². The number of nitrogens with two attached hydrogens (primary N) is 1. The van der Waals surface area contributed by atoms with Gasteiger partial charge in [0.1, 0.15) is 5.75 Å². The van der Waals surface area contributed by atoms with Crippen LogP contribution in [0.5, 0.6) is 5.75 Å². The topological polar surface area (TPSA) is 47.3 Å². The smallest absolute Gasteiger partial charge is 0.121 e. The summed E-state index contributed by atoms with van der Waals surface area (Å²) in [6, 6.07) is 14.3. The first-order valence-corrected chi connectivity index (χ1v) is 6.37. The summed E-state index contributed by atoms with van der Waals surface area (Å²) in [5.74, 6) is 0.799. The molecule has 2 aromatic carbocycles. The maximum absolute atomic E-state index is 5.98. The Labute approximate surface area is 114 Å². The second kappa shape index (κ2) is 5.65. The van der Waals surface area contributed by atoms with Crippen molar-refractivity contribution >= 4 is 11.4 Å². The van der Waals surface area contributed by atoms with Crippen molar-refractivity contribution in [2.75, 3.05) is 18.2 Å². The van der Waals surface area contributed by atoms with E-state index < -0.39 is 0 Å². The molecule has 3 nitrogen and oxygen atoms in total. The molecule has 0 radical (unpaired) electrons. The second-order valence-electron chi connectivity index (χ2n) is 4.73. The zero-order valence-corrected chi connectivity index (χ0v) is 11.6. The lowest BCUT2D eigenvalue weighted by atomic mass is 10.1. The molecule has 1 atom stereocenters. The maximum Gasteiger partial charge on any atom is 0.121 e. The molecule has 0 saturated carbocycles. The van der Waals surface area contributed by atoms with E-state index in [1.165, 1.54) is 11.1 Å². The summed E-state index contributed by atoms with van der Waals surface area (Å²) < 4.78 is 5.22. The zero-order chi connectivity index (χ0) is 13.8. The number of hydrogen-bond donors (Lipinski definition) is 2. The lowest BCUT2D eigenvalue weighted by molar-refractivity contribution is 0.415. The van der Waals surface area contributed by atoms with Gasteiger partial charge in [-0.05, 0) is 31.5 Å². The molecule has 0 saturated heterocycles. The van der Waals surface area contributed by atoms with Crippen LogP contribution in [0.15, 0.2) is 42.5 Å². The molecule has 3 heteroatoms. The van der Waals surface area contributed by atoms with E-state index in [1.54, 1.807) is 7.11 Å². The molecule has 3 N–H and O–H groups in total. The summed E-state index contributed by atoms with van der Waals surface area (Å²) >= 11 is 0. The van der Waals surface area contributed by atoms with Gasteiger partial charge in [-0.25, -0.2) is 0 Å². The molecule has 0 aliphatic carbocycles. The van der Waals surface area contributed by atoms with Crippen LogP contribution in [0, 0.1) is 6.92 Å². The van der Waals surface area contributed by atoms with Crippen molar-refractivity contribution in [1.29, 1.82) is 0 Å². The third-order valence-electron chi connectivity index (χ3n) is 3.21. The predicted octanol–water partition coefficient (Wildman–Crippen LogP) is 3.76. The number of aryl methyl sites for hydroxylation is 1. The molecule has 2 rings (SSSR count). The highest BCUT2D eigenvalue weighted by atomic mass is 16.5. The van der Waals surface area contributed by atoms with E-state index in [1.807, 2.05) is 18.2 Å². The molecular weight excluding hydrogens is 236 g/mol. The van der Waals surface area contributed by atoms with Crippen LogP contribution in [0.2, 0.25) is 0 Å². The number of rotatable bonds is 4. The molecule has 2 aromatic rings. The third-order valence-corrected chi connectivity index (χ3v) is 3.21. The monoisotopic (exact) mass is 256 g/mol. The minimum Gasteiger partial charge on any atom is -0.497 e. The van der Waals surface area contributed by atoms with Gasteiger partial charge in [0.25, 0.3) is 0 Å². The van der Waals surface area contributed by atoms with Gasteiger partial charge in [-0.1, -0.05) is 29.8 Å². The van der Waals surface area contributed by atoms with Gasteiger partial charge in [0.05, 0.1) is 18.5 Å². The number of hydrogen-bond acceptors (Lipinski definition) is 3. The Morgan fingerprint density at radius 3 is 2.42 bits per heavy atom. The van der Waals surface area contributed by atoms with E-state index in [4.69, 9.17) is 10.5 Å². The van der Waals surface area contributed by atoms with Crippen molar-refractivity contribution in [3.05, 3.63) is 53.6 Å². The van der Waals surface area contributed by atoms with Crippen molar-refractivity contribution in [2.24, 2.45) is 0 Å². The molecule has 0 aliphatic rings. The van der Waals surface area contributed by atoms with Crippen molar-refractivity contribution in [3.8, 4) is 5.75 Å². The van der Waals surface area contributed by atoms with Gasteiger partial charge < -0.3 is 15.8 Å². The van der Waals surface area contributed by atoms with Gasteiger partial charge in [-0.3, -0.25) is 0 Å². The summed E-state index contributed by atoms with van der Waals surface area (Å²) in [5, 5.41) is 3.42. The highest BCUT2D eigenvalue weighted by Gasteiger charge is 2.08. The molecule has 1 unspecified atom stereocenters. The number of nitrogen functional groups attached to an aromatic ring is 1. The Bertz CT molecular complexity index is 549. The van der Waals surface area contributed by atoms with E-state index in [0.717, 1.165) is 17.1 Å². The van der Waals surface area contributed by atoms with Gasteiger partial charge in [0, 0.05) is 12.1 Å². The fraction of sp³-hybridized carbons (Fsp3) is 0.250. The van der Waals surface area contributed by atoms with Crippen molar-refractivity contribution in [1.82, 2.24) is 0 Å². The molecule has 0 fully saturated rings. The van der Waals surface area contributed by atoms with Crippen LogP contribution < -0.4 is 15.8 Å². The summed E-state index contributed by atoms with van der Waals surface area (Å²) in [6.07, 6.45) is 0. The van der Waals surface area contributed by atoms with Gasteiger partial charge in [-0.2, -0.15) is 0 Å². The van der Waals surface area contributed by atoms with Gasteiger partial charge in [-0.15, -0.1) is 0 Å². The first-order valence-electron chi connectivity index (χ1n) is 6.37. The number of methoxy groups -OCH3 is 1. The molecule has 0 aromatic heterocycles. The first-order chi connectivity index (χ1) is 9.10. The summed E-state index contributed by atoms with van der Waals surface area (Å²) in [4.78, 5) is 0. The number of ether oxygens (including phenoxy) is 1. The highest BCUT2D eigenvalue weighted by molar-refractivity contribution is 5.68. The average molecular weight is 256 g/mol. The number of benzene rings is 2. The molecule has 0 bridgehead atoms. The standard InChI is InChI=1S/C16H20N2O/c1-11-4-6-13(7-5-11)12(2)18-16-10-14(19-3)8-9-15(16)17/h4-10,12,18H,17H2,1-3H3. The molecule has 0 heterocycles. The van der Waals surface area contributed by atoms with Crippen molar-refractivity contribution in [2.45, 2.75) is 19.9 Å². The van der Waals surface area contributed by atoms with Crippen LogP contribution in [-0.4, -0.2) is 7.11 Å². The van der Waals surface area contributed by atoms with Crippen LogP contribution in [0.3, 0.4) is 0 Å². The normalized spacial score (nSPS) is 11.9. The molecular formula is C16H20N2O. The fourth-order valence-corrected chi connectivity index (χ4v) is 1.96. The minimum atomic E-state index is 0.190. The van der Waals surface area contributed by atoms with E-state index >= 15 is 0 Å². The van der Waals surface area contributed by atoms with Crippen molar-refractivity contribution in [3.63, 3.8) is 0 Å². The SMILES string of the molecule is COc1ccc(N)c(NC(C)c2ccc(C)cc2)c1. The lowest BCUT2D eigenvalue weighted by Gasteiger charge is -2.18. The van der Waals surface area contributed by atoms with Gasteiger partial charge in [0.15, 0.2) is 0 Å². The molecule has 100 valence electrons. The summed E-state index contributed by atoms with van der Waals surface area (Å²) in [5.41, 5.74) is 10.1. The molecule has 0 aliphatic heterocycles. The van der Waals surface area contributed by atoms with Gasteiger partial charge in [0.2, 0.25) is 0 Å². The summed E-state index contributed by atoms with van der Waals surface area (Å²) in [7, 11) is 1.65. The van der Waals surface area contributed by atoms with Crippen molar-refractivity contribution < 1.29 is 4.74 Å². The average Bonchev–Trinajstić information content (AvgIpc) is 2.42. The molecule has 0 amide bonds. The Morgan fingerprint density at radius 2 is 1.79 bits per heavy atom.